The molecule has 0 unspecified atom stereocenters. The van der Waals surface area contributed by atoms with Gasteiger partial charge in [-0.25, -0.2) is 0 Å². The number of ketones is 1. The first-order valence-electron chi connectivity index (χ1n) is 13.3. The molecule has 2 saturated heterocycles. The minimum atomic E-state index is -0.657. The van der Waals surface area contributed by atoms with Gasteiger partial charge in [-0.05, 0) is 73.5 Å². The van der Waals surface area contributed by atoms with Crippen LogP contribution in [0.25, 0.3) is 0 Å². The highest BCUT2D eigenvalue weighted by Crippen LogP contribution is 2.70. The van der Waals surface area contributed by atoms with Crippen molar-refractivity contribution in [1.82, 2.24) is 0 Å². The van der Waals surface area contributed by atoms with Gasteiger partial charge in [0, 0.05) is 30.1 Å². The molecule has 32 heavy (non-hydrogen) atoms. The van der Waals surface area contributed by atoms with Crippen molar-refractivity contribution < 1.29 is 24.5 Å². The van der Waals surface area contributed by atoms with Gasteiger partial charge < -0.3 is 19.7 Å². The van der Waals surface area contributed by atoms with E-state index in [4.69, 9.17) is 9.47 Å². The molecule has 2 heterocycles. The van der Waals surface area contributed by atoms with Crippen LogP contribution in [0.3, 0.4) is 0 Å². The lowest BCUT2D eigenvalue weighted by atomic mass is 9.43. The quantitative estimate of drug-likeness (QED) is 0.589. The van der Waals surface area contributed by atoms with Gasteiger partial charge in [-0.2, -0.15) is 0 Å². The van der Waals surface area contributed by atoms with E-state index in [1.807, 2.05) is 0 Å². The van der Waals surface area contributed by atoms with Crippen LogP contribution in [0.1, 0.15) is 79.1 Å². The molecule has 13 atom stereocenters. The van der Waals surface area contributed by atoms with Crippen molar-refractivity contribution in [3.05, 3.63) is 0 Å². The van der Waals surface area contributed by atoms with Crippen LogP contribution in [0.5, 0.6) is 0 Å². The number of ether oxygens (including phenoxy) is 2. The normalized spacial score (nSPS) is 61.8. The zero-order chi connectivity index (χ0) is 22.6. The van der Waals surface area contributed by atoms with E-state index in [0.29, 0.717) is 54.6 Å². The van der Waals surface area contributed by atoms with E-state index >= 15 is 0 Å². The molecule has 6 aliphatic rings. The summed E-state index contributed by atoms with van der Waals surface area (Å²) in [5.41, 5.74) is -0.371. The van der Waals surface area contributed by atoms with Crippen LogP contribution < -0.4 is 0 Å². The maximum absolute atomic E-state index is 14.0. The van der Waals surface area contributed by atoms with Crippen LogP contribution in [0.15, 0.2) is 0 Å². The van der Waals surface area contributed by atoms with E-state index in [-0.39, 0.29) is 28.8 Å². The van der Waals surface area contributed by atoms with E-state index in [0.717, 1.165) is 38.7 Å². The topological polar surface area (TPSA) is 76.0 Å². The van der Waals surface area contributed by atoms with Crippen LogP contribution >= 0.6 is 0 Å². The molecule has 0 bridgehead atoms. The zero-order valence-corrected chi connectivity index (χ0v) is 20.3. The molecule has 2 aliphatic heterocycles. The number of aliphatic hydroxyl groups is 2. The Balaban J connectivity index is 1.30. The summed E-state index contributed by atoms with van der Waals surface area (Å²) in [6.07, 6.45) is 6.12. The van der Waals surface area contributed by atoms with E-state index < -0.39 is 18.0 Å². The van der Waals surface area contributed by atoms with E-state index in [2.05, 4.69) is 27.7 Å². The number of Topliss-reactive ketones (excluding diaryl/α,β-unsaturated/α-hetero) is 1. The second kappa shape index (κ2) is 7.02. The largest absolute Gasteiger partial charge is 0.390 e. The number of hydrogen-bond acceptors (Lipinski definition) is 5. The molecule has 6 rings (SSSR count). The molecule has 6 fully saturated rings. The summed E-state index contributed by atoms with van der Waals surface area (Å²) in [5, 5.41) is 20.8. The molecule has 0 aromatic carbocycles. The smallest absolute Gasteiger partial charge is 0.171 e. The third-order valence-corrected chi connectivity index (χ3v) is 11.8. The van der Waals surface area contributed by atoms with E-state index in [9.17, 15) is 15.0 Å². The molecule has 1 spiro atoms. The van der Waals surface area contributed by atoms with Crippen molar-refractivity contribution in [2.45, 2.75) is 103 Å². The second-order valence-electron chi connectivity index (χ2n) is 13.1. The standard InChI is InChI=1S/C27H42O5/c1-14-7-8-27(31-13-14)15(2)24-22(32-27)10-19-17-6-5-16-9-20(28)21(29)12-25(16,3)18(17)11-23(30)26(19,24)4/h14-22,24,28-29H,5-13H2,1-4H3/t14-,15-,16-,17-,18+,19-,20+,21+,22-,24-,25-,26+,27+/m0/s1. The highest BCUT2D eigenvalue weighted by molar-refractivity contribution is 5.87. The first-order chi connectivity index (χ1) is 15.1. The van der Waals surface area contributed by atoms with Crippen LogP contribution in [0.4, 0.5) is 0 Å². The van der Waals surface area contributed by atoms with Crippen molar-refractivity contribution in [2.24, 2.45) is 52.3 Å². The minimum absolute atomic E-state index is 0.0490. The van der Waals surface area contributed by atoms with Gasteiger partial charge in [-0.15, -0.1) is 0 Å². The average molecular weight is 447 g/mol. The lowest BCUT2D eigenvalue weighted by molar-refractivity contribution is -0.272. The second-order valence-corrected chi connectivity index (χ2v) is 13.1. The lowest BCUT2D eigenvalue weighted by Crippen LogP contribution is -2.59. The van der Waals surface area contributed by atoms with Gasteiger partial charge >= 0.3 is 0 Å². The predicted molar refractivity (Wildman–Crippen MR) is 120 cm³/mol. The van der Waals surface area contributed by atoms with Gasteiger partial charge in [0.05, 0.1) is 24.9 Å². The Bertz CT molecular complexity index is 789. The molecular formula is C27H42O5. The zero-order valence-electron chi connectivity index (χ0n) is 20.3. The fraction of sp³-hybridized carbons (Fsp3) is 0.963. The summed E-state index contributed by atoms with van der Waals surface area (Å²) in [6.45, 7) is 9.86. The SMILES string of the molecule is C[C@H]1CC[C@@]2(OC1)O[C@H]1C[C@H]3[C@H]4CC[C@H]5C[C@@H](O)[C@H](O)C[C@]5(C)[C@@H]4CC(=O)[C@]3(C)[C@H]1[C@@H]2C. The fourth-order valence-corrected chi connectivity index (χ4v) is 9.97. The number of fused-ring (bicyclic) bond motifs is 7. The van der Waals surface area contributed by atoms with Crippen LogP contribution in [-0.2, 0) is 14.3 Å². The number of hydrogen-bond donors (Lipinski definition) is 2. The third-order valence-electron chi connectivity index (χ3n) is 11.8. The van der Waals surface area contributed by atoms with Gasteiger partial charge in [0.25, 0.3) is 0 Å². The minimum Gasteiger partial charge on any atom is -0.390 e. The fourth-order valence-electron chi connectivity index (χ4n) is 9.97. The number of aliphatic hydroxyl groups excluding tert-OH is 2. The van der Waals surface area contributed by atoms with E-state index in [1.54, 1.807) is 0 Å². The molecule has 5 heteroatoms. The Morgan fingerprint density at radius 1 is 1.00 bits per heavy atom. The Kier molecular flexibility index (Phi) is 4.83. The third kappa shape index (κ3) is 2.69. The van der Waals surface area contributed by atoms with Gasteiger partial charge in [0.15, 0.2) is 5.79 Å². The molecule has 0 radical (unpaired) electrons. The summed E-state index contributed by atoms with van der Waals surface area (Å²) in [6, 6.07) is 0. The highest BCUT2D eigenvalue weighted by atomic mass is 16.7. The van der Waals surface area contributed by atoms with Crippen molar-refractivity contribution in [3.8, 4) is 0 Å². The molecule has 0 aromatic heterocycles. The Hall–Kier alpha value is -0.490. The molecule has 4 aliphatic carbocycles. The van der Waals surface area contributed by atoms with Gasteiger partial charge in [-0.3, -0.25) is 4.79 Å². The number of rotatable bonds is 0. The Morgan fingerprint density at radius 2 is 1.78 bits per heavy atom. The monoisotopic (exact) mass is 446 g/mol. The van der Waals surface area contributed by atoms with Crippen molar-refractivity contribution in [2.75, 3.05) is 6.61 Å². The van der Waals surface area contributed by atoms with Crippen LogP contribution in [0, 0.1) is 52.3 Å². The summed E-state index contributed by atoms with van der Waals surface area (Å²) in [7, 11) is 0. The van der Waals surface area contributed by atoms with Crippen LogP contribution in [0.2, 0.25) is 0 Å². The van der Waals surface area contributed by atoms with Crippen LogP contribution in [-0.4, -0.2) is 46.7 Å². The molecular weight excluding hydrogens is 404 g/mol. The molecule has 2 N–H and O–H groups in total. The molecule has 4 saturated carbocycles. The maximum Gasteiger partial charge on any atom is 0.171 e. The maximum atomic E-state index is 14.0. The first kappa shape index (κ1) is 22.0. The van der Waals surface area contributed by atoms with Gasteiger partial charge in [0.2, 0.25) is 0 Å². The molecule has 180 valence electrons. The lowest BCUT2D eigenvalue weighted by Gasteiger charge is -2.61. The van der Waals surface area contributed by atoms with Gasteiger partial charge in [-0.1, -0.05) is 27.7 Å². The highest BCUT2D eigenvalue weighted by Gasteiger charge is 2.71. The number of carbonyl (C=O) groups is 1. The van der Waals surface area contributed by atoms with Crippen molar-refractivity contribution in [3.63, 3.8) is 0 Å². The average Bonchev–Trinajstić information content (AvgIpc) is 3.19. The van der Waals surface area contributed by atoms with Gasteiger partial charge in [0.1, 0.15) is 5.78 Å². The predicted octanol–water partition coefficient (Wildman–Crippen LogP) is 3.94. The Morgan fingerprint density at radius 3 is 2.50 bits per heavy atom. The Labute approximate surface area is 192 Å². The summed E-state index contributed by atoms with van der Waals surface area (Å²) in [4.78, 5) is 14.0. The number of carbonyl (C=O) groups excluding carboxylic acids is 1. The molecule has 5 nitrogen and oxygen atoms in total. The molecule has 0 amide bonds. The summed E-state index contributed by atoms with van der Waals surface area (Å²) >= 11 is 0. The molecule has 0 aromatic rings. The summed E-state index contributed by atoms with van der Waals surface area (Å²) < 4.78 is 13.2. The van der Waals surface area contributed by atoms with Crippen molar-refractivity contribution in [1.29, 1.82) is 0 Å². The first-order valence-corrected chi connectivity index (χ1v) is 13.3. The summed E-state index contributed by atoms with van der Waals surface area (Å²) in [5.74, 6) is 2.64. The van der Waals surface area contributed by atoms with E-state index in [1.165, 1.54) is 0 Å². The van der Waals surface area contributed by atoms with Crippen molar-refractivity contribution >= 4 is 5.78 Å².